The third kappa shape index (κ3) is 3.34. The van der Waals surface area contributed by atoms with Gasteiger partial charge in [0.1, 0.15) is 10.0 Å². The van der Waals surface area contributed by atoms with Crippen LogP contribution < -0.4 is 10.6 Å². The zero-order chi connectivity index (χ0) is 15.4. The Balaban J connectivity index is 1.69. The van der Waals surface area contributed by atoms with Gasteiger partial charge in [0.15, 0.2) is 0 Å². The molecule has 1 aliphatic heterocycles. The summed E-state index contributed by atoms with van der Waals surface area (Å²) in [4.78, 5) is 12.5. The molecule has 1 aliphatic rings. The van der Waals surface area contributed by atoms with Crippen LogP contribution in [0.3, 0.4) is 0 Å². The van der Waals surface area contributed by atoms with E-state index < -0.39 is 0 Å². The molecule has 0 radical (unpaired) electrons. The first-order valence-electron chi connectivity index (χ1n) is 7.67. The SMILES string of the molecule is CCc1nnc(CNC(=O)c2ccccc2C2CCNC2)s1. The fraction of sp³-hybridized carbons (Fsp3) is 0.438. The van der Waals surface area contributed by atoms with Gasteiger partial charge in [-0.15, -0.1) is 10.2 Å². The number of aromatic nitrogens is 2. The third-order valence-corrected chi connectivity index (χ3v) is 4.98. The van der Waals surface area contributed by atoms with Crippen LogP contribution >= 0.6 is 11.3 Å². The van der Waals surface area contributed by atoms with Crippen LogP contribution in [0.2, 0.25) is 0 Å². The van der Waals surface area contributed by atoms with Crippen molar-refractivity contribution in [2.24, 2.45) is 0 Å². The quantitative estimate of drug-likeness (QED) is 0.886. The Bertz CT molecular complexity index is 649. The summed E-state index contributed by atoms with van der Waals surface area (Å²) in [6.07, 6.45) is 1.96. The molecule has 6 heteroatoms. The van der Waals surface area contributed by atoms with Crippen molar-refractivity contribution in [2.45, 2.75) is 32.2 Å². The maximum atomic E-state index is 12.5. The lowest BCUT2D eigenvalue weighted by Gasteiger charge is -2.14. The zero-order valence-electron chi connectivity index (χ0n) is 12.6. The van der Waals surface area contributed by atoms with Gasteiger partial charge in [-0.05, 0) is 36.9 Å². The minimum Gasteiger partial charge on any atom is -0.345 e. The largest absolute Gasteiger partial charge is 0.345 e. The van der Waals surface area contributed by atoms with Gasteiger partial charge in [-0.3, -0.25) is 4.79 Å². The number of benzene rings is 1. The molecule has 2 heterocycles. The predicted octanol–water partition coefficient (Wildman–Crippen LogP) is 2.11. The molecule has 1 atom stereocenters. The van der Waals surface area contributed by atoms with Gasteiger partial charge in [0.25, 0.3) is 5.91 Å². The molecule has 22 heavy (non-hydrogen) atoms. The Hall–Kier alpha value is -1.79. The number of hydrogen-bond acceptors (Lipinski definition) is 5. The summed E-state index contributed by atoms with van der Waals surface area (Å²) in [7, 11) is 0. The Labute approximate surface area is 134 Å². The average molecular weight is 316 g/mol. The molecular formula is C16H20N4OS. The molecule has 1 aromatic heterocycles. The maximum absolute atomic E-state index is 12.5. The van der Waals surface area contributed by atoms with E-state index in [1.54, 1.807) is 11.3 Å². The fourth-order valence-electron chi connectivity index (χ4n) is 2.73. The summed E-state index contributed by atoms with van der Waals surface area (Å²) in [5, 5.41) is 16.3. The first-order valence-corrected chi connectivity index (χ1v) is 8.48. The van der Waals surface area contributed by atoms with Crippen LogP contribution in [0, 0.1) is 0 Å². The van der Waals surface area contributed by atoms with Gasteiger partial charge in [0.2, 0.25) is 0 Å². The summed E-state index contributed by atoms with van der Waals surface area (Å²) < 4.78 is 0. The summed E-state index contributed by atoms with van der Waals surface area (Å²) >= 11 is 1.55. The number of nitrogens with one attached hydrogen (secondary N) is 2. The number of nitrogens with zero attached hydrogens (tertiary/aromatic N) is 2. The number of carbonyl (C=O) groups excluding carboxylic acids is 1. The highest BCUT2D eigenvalue weighted by atomic mass is 32.1. The first-order chi connectivity index (χ1) is 10.8. The van der Waals surface area contributed by atoms with Gasteiger partial charge in [-0.25, -0.2) is 0 Å². The van der Waals surface area contributed by atoms with Crippen LogP contribution in [0.4, 0.5) is 0 Å². The minimum atomic E-state index is -0.0317. The molecule has 1 amide bonds. The van der Waals surface area contributed by atoms with Crippen molar-refractivity contribution in [3.05, 3.63) is 45.4 Å². The molecule has 0 saturated carbocycles. The molecule has 3 rings (SSSR count). The number of aryl methyl sites for hydroxylation is 1. The Kier molecular flexibility index (Phi) is 4.80. The van der Waals surface area contributed by atoms with Crippen LogP contribution in [0.25, 0.3) is 0 Å². The van der Waals surface area contributed by atoms with Crippen LogP contribution in [0.15, 0.2) is 24.3 Å². The van der Waals surface area contributed by atoms with E-state index in [-0.39, 0.29) is 5.91 Å². The van der Waals surface area contributed by atoms with Gasteiger partial charge in [0.05, 0.1) is 6.54 Å². The molecule has 0 aliphatic carbocycles. The molecule has 2 N–H and O–H groups in total. The van der Waals surface area contributed by atoms with Crippen molar-refractivity contribution in [1.82, 2.24) is 20.8 Å². The van der Waals surface area contributed by atoms with Crippen LogP contribution in [-0.4, -0.2) is 29.2 Å². The van der Waals surface area contributed by atoms with Crippen molar-refractivity contribution in [1.29, 1.82) is 0 Å². The van der Waals surface area contributed by atoms with Crippen molar-refractivity contribution in [2.75, 3.05) is 13.1 Å². The van der Waals surface area contributed by atoms with E-state index in [0.29, 0.717) is 12.5 Å². The molecule has 1 saturated heterocycles. The molecule has 5 nitrogen and oxygen atoms in total. The number of carbonyl (C=O) groups is 1. The lowest BCUT2D eigenvalue weighted by Crippen LogP contribution is -2.24. The maximum Gasteiger partial charge on any atom is 0.251 e. The minimum absolute atomic E-state index is 0.0317. The number of rotatable bonds is 5. The molecule has 1 aromatic carbocycles. The number of amides is 1. The lowest BCUT2D eigenvalue weighted by atomic mass is 9.93. The van der Waals surface area contributed by atoms with Crippen LogP contribution in [0.1, 0.15) is 45.2 Å². The normalized spacial score (nSPS) is 17.6. The van der Waals surface area contributed by atoms with Crippen LogP contribution in [-0.2, 0) is 13.0 Å². The van der Waals surface area contributed by atoms with E-state index in [1.165, 1.54) is 0 Å². The van der Waals surface area contributed by atoms with E-state index in [0.717, 1.165) is 47.1 Å². The average Bonchev–Trinajstić information content (AvgIpc) is 3.24. The topological polar surface area (TPSA) is 66.9 Å². The Morgan fingerprint density at radius 1 is 1.36 bits per heavy atom. The summed E-state index contributed by atoms with van der Waals surface area (Å²) in [6, 6.07) is 7.89. The predicted molar refractivity (Wildman–Crippen MR) is 87.1 cm³/mol. The summed E-state index contributed by atoms with van der Waals surface area (Å²) in [6.45, 7) is 4.45. The highest BCUT2D eigenvalue weighted by Crippen LogP contribution is 2.25. The highest BCUT2D eigenvalue weighted by Gasteiger charge is 2.22. The van der Waals surface area contributed by atoms with Gasteiger partial charge in [-0.2, -0.15) is 0 Å². The van der Waals surface area contributed by atoms with Gasteiger partial charge >= 0.3 is 0 Å². The summed E-state index contributed by atoms with van der Waals surface area (Å²) in [5.74, 6) is 0.394. The van der Waals surface area contributed by atoms with Gasteiger partial charge < -0.3 is 10.6 Å². The molecule has 0 bridgehead atoms. The van der Waals surface area contributed by atoms with E-state index in [9.17, 15) is 4.79 Å². The molecule has 116 valence electrons. The second-order valence-corrected chi connectivity index (χ2v) is 6.55. The van der Waals surface area contributed by atoms with Crippen molar-refractivity contribution < 1.29 is 4.79 Å². The van der Waals surface area contributed by atoms with Crippen LogP contribution in [0.5, 0.6) is 0 Å². The standard InChI is InChI=1S/C16H20N4OS/c1-2-14-19-20-15(22-14)10-18-16(21)13-6-4-3-5-12(13)11-7-8-17-9-11/h3-6,11,17H,2,7-10H2,1H3,(H,18,21). The van der Waals surface area contributed by atoms with Crippen molar-refractivity contribution >= 4 is 17.2 Å². The molecule has 1 unspecified atom stereocenters. The van der Waals surface area contributed by atoms with E-state index in [1.807, 2.05) is 18.2 Å². The number of hydrogen-bond donors (Lipinski definition) is 2. The lowest BCUT2D eigenvalue weighted by molar-refractivity contribution is 0.0949. The summed E-state index contributed by atoms with van der Waals surface area (Å²) in [5.41, 5.74) is 1.91. The molecule has 2 aromatic rings. The fourth-order valence-corrected chi connectivity index (χ4v) is 3.46. The smallest absolute Gasteiger partial charge is 0.251 e. The first kappa shape index (κ1) is 15.1. The van der Waals surface area contributed by atoms with Gasteiger partial charge in [0, 0.05) is 12.1 Å². The Morgan fingerprint density at radius 2 is 2.18 bits per heavy atom. The third-order valence-electron chi connectivity index (χ3n) is 3.92. The molecule has 0 spiro atoms. The van der Waals surface area contributed by atoms with Gasteiger partial charge in [-0.1, -0.05) is 36.5 Å². The van der Waals surface area contributed by atoms with E-state index in [2.05, 4.69) is 33.8 Å². The second kappa shape index (κ2) is 6.98. The second-order valence-electron chi connectivity index (χ2n) is 5.40. The monoisotopic (exact) mass is 316 g/mol. The van der Waals surface area contributed by atoms with Crippen molar-refractivity contribution in [3.8, 4) is 0 Å². The highest BCUT2D eigenvalue weighted by molar-refractivity contribution is 7.11. The van der Waals surface area contributed by atoms with E-state index >= 15 is 0 Å². The molecular weight excluding hydrogens is 296 g/mol. The molecule has 1 fully saturated rings. The van der Waals surface area contributed by atoms with E-state index in [4.69, 9.17) is 0 Å². The Morgan fingerprint density at radius 3 is 2.91 bits per heavy atom. The zero-order valence-corrected chi connectivity index (χ0v) is 13.4. The van der Waals surface area contributed by atoms with Crippen molar-refractivity contribution in [3.63, 3.8) is 0 Å².